The third-order valence-electron chi connectivity index (χ3n) is 3.09. The number of carbonyl (C=O) groups excluding carboxylic acids is 1. The van der Waals surface area contributed by atoms with Crippen LogP contribution in [-0.4, -0.2) is 24.2 Å². The summed E-state index contributed by atoms with van der Waals surface area (Å²) in [5.74, 6) is 1.04. The Morgan fingerprint density at radius 1 is 1.45 bits per heavy atom. The van der Waals surface area contributed by atoms with Crippen LogP contribution in [0.1, 0.15) is 30.8 Å². The van der Waals surface area contributed by atoms with Gasteiger partial charge in [0.25, 0.3) is 5.91 Å². The molecular weight excluding hydrogens is 256 g/mol. The van der Waals surface area contributed by atoms with Crippen molar-refractivity contribution in [2.75, 3.05) is 7.11 Å². The molecule has 0 saturated carbocycles. The molecule has 1 aromatic heterocycles. The number of hydrogen-bond donors (Lipinski definition) is 1. The summed E-state index contributed by atoms with van der Waals surface area (Å²) >= 11 is 0. The van der Waals surface area contributed by atoms with Gasteiger partial charge in [0, 0.05) is 17.7 Å². The minimum absolute atomic E-state index is 0.111. The van der Waals surface area contributed by atoms with Crippen molar-refractivity contribution in [2.24, 2.45) is 0 Å². The van der Waals surface area contributed by atoms with Crippen molar-refractivity contribution < 1.29 is 14.1 Å². The largest absolute Gasteiger partial charge is 0.497 e. The summed E-state index contributed by atoms with van der Waals surface area (Å²) in [5.41, 5.74) is 1.10. The van der Waals surface area contributed by atoms with Crippen molar-refractivity contribution in [1.29, 1.82) is 0 Å². The molecule has 0 fully saturated rings. The maximum absolute atomic E-state index is 11.9. The van der Waals surface area contributed by atoms with E-state index in [0.29, 0.717) is 5.76 Å². The minimum atomic E-state index is -0.225. The van der Waals surface area contributed by atoms with Gasteiger partial charge >= 0.3 is 0 Å². The van der Waals surface area contributed by atoms with Crippen LogP contribution in [0.5, 0.6) is 5.75 Å². The third-order valence-corrected chi connectivity index (χ3v) is 3.09. The molecule has 5 heteroatoms. The highest BCUT2D eigenvalue weighted by molar-refractivity contribution is 5.93. The fourth-order valence-corrected chi connectivity index (χ4v) is 1.69. The Hall–Kier alpha value is -2.30. The van der Waals surface area contributed by atoms with Crippen molar-refractivity contribution in [3.05, 3.63) is 36.0 Å². The molecule has 1 heterocycles. The van der Waals surface area contributed by atoms with Gasteiger partial charge in [0.15, 0.2) is 11.5 Å². The van der Waals surface area contributed by atoms with Crippen LogP contribution >= 0.6 is 0 Å². The standard InChI is InChI=1S/C15H18N2O3/c1-4-10(2)16-15(18)13-9-14(20-17-13)11-6-5-7-12(8-11)19-3/h5-10H,4H2,1-3H3,(H,16,18)/t10-/m0/s1. The van der Waals surface area contributed by atoms with Gasteiger partial charge in [0.05, 0.1) is 7.11 Å². The van der Waals surface area contributed by atoms with Gasteiger partial charge in [-0.2, -0.15) is 0 Å². The first-order valence-electron chi connectivity index (χ1n) is 6.56. The monoisotopic (exact) mass is 274 g/mol. The van der Waals surface area contributed by atoms with Crippen LogP contribution < -0.4 is 10.1 Å². The van der Waals surface area contributed by atoms with Crippen LogP contribution in [0.4, 0.5) is 0 Å². The predicted molar refractivity (Wildman–Crippen MR) is 75.7 cm³/mol. The van der Waals surface area contributed by atoms with Crippen molar-refractivity contribution in [3.63, 3.8) is 0 Å². The Morgan fingerprint density at radius 2 is 2.25 bits per heavy atom. The first-order valence-corrected chi connectivity index (χ1v) is 6.56. The van der Waals surface area contributed by atoms with Crippen molar-refractivity contribution in [3.8, 4) is 17.1 Å². The van der Waals surface area contributed by atoms with E-state index in [4.69, 9.17) is 9.26 Å². The maximum Gasteiger partial charge on any atom is 0.273 e. The number of benzene rings is 1. The normalized spacial score (nSPS) is 11.9. The highest BCUT2D eigenvalue weighted by atomic mass is 16.5. The van der Waals surface area contributed by atoms with E-state index in [1.54, 1.807) is 13.2 Å². The topological polar surface area (TPSA) is 64.4 Å². The fraction of sp³-hybridized carbons (Fsp3) is 0.333. The highest BCUT2D eigenvalue weighted by Gasteiger charge is 2.15. The smallest absolute Gasteiger partial charge is 0.273 e. The lowest BCUT2D eigenvalue weighted by Gasteiger charge is -2.08. The molecular formula is C15H18N2O3. The number of nitrogens with zero attached hydrogens (tertiary/aromatic N) is 1. The van der Waals surface area contributed by atoms with E-state index in [1.807, 2.05) is 38.1 Å². The molecule has 5 nitrogen and oxygen atoms in total. The fourth-order valence-electron chi connectivity index (χ4n) is 1.69. The molecule has 0 radical (unpaired) electrons. The minimum Gasteiger partial charge on any atom is -0.497 e. The second-order valence-electron chi connectivity index (χ2n) is 4.59. The molecule has 1 atom stereocenters. The number of amides is 1. The lowest BCUT2D eigenvalue weighted by molar-refractivity contribution is 0.0930. The summed E-state index contributed by atoms with van der Waals surface area (Å²) in [6.07, 6.45) is 0.867. The van der Waals surface area contributed by atoms with Crippen LogP contribution in [-0.2, 0) is 0 Å². The number of ether oxygens (including phenoxy) is 1. The Balaban J connectivity index is 2.17. The SMILES string of the molecule is CC[C@H](C)NC(=O)c1cc(-c2cccc(OC)c2)on1. The molecule has 2 rings (SSSR count). The van der Waals surface area contributed by atoms with Gasteiger partial charge in [-0.1, -0.05) is 24.2 Å². The number of methoxy groups -OCH3 is 1. The number of hydrogen-bond acceptors (Lipinski definition) is 4. The van der Waals surface area contributed by atoms with E-state index >= 15 is 0 Å². The van der Waals surface area contributed by atoms with E-state index < -0.39 is 0 Å². The molecule has 2 aromatic rings. The summed E-state index contributed by atoms with van der Waals surface area (Å²) in [6, 6.07) is 9.15. The number of rotatable bonds is 5. The number of aromatic nitrogens is 1. The summed E-state index contributed by atoms with van der Waals surface area (Å²) in [4.78, 5) is 11.9. The quantitative estimate of drug-likeness (QED) is 0.910. The molecule has 106 valence electrons. The summed E-state index contributed by atoms with van der Waals surface area (Å²) in [5, 5.41) is 6.65. The lowest BCUT2D eigenvalue weighted by Crippen LogP contribution is -2.32. The molecule has 0 spiro atoms. The first-order chi connectivity index (χ1) is 9.63. The van der Waals surface area contributed by atoms with Gasteiger partial charge in [-0.3, -0.25) is 4.79 Å². The Kier molecular flexibility index (Phi) is 4.40. The molecule has 1 aromatic carbocycles. The molecule has 0 bridgehead atoms. The Labute approximate surface area is 117 Å². The second kappa shape index (κ2) is 6.23. The molecule has 1 amide bonds. The second-order valence-corrected chi connectivity index (χ2v) is 4.59. The average Bonchev–Trinajstić information content (AvgIpc) is 2.97. The Morgan fingerprint density at radius 3 is 2.95 bits per heavy atom. The van der Waals surface area contributed by atoms with Crippen molar-refractivity contribution in [2.45, 2.75) is 26.3 Å². The zero-order valence-electron chi connectivity index (χ0n) is 11.8. The van der Waals surface area contributed by atoms with Gasteiger partial charge in [-0.05, 0) is 25.5 Å². The molecule has 20 heavy (non-hydrogen) atoms. The average molecular weight is 274 g/mol. The van der Waals surface area contributed by atoms with E-state index in [9.17, 15) is 4.79 Å². The number of nitrogens with one attached hydrogen (secondary N) is 1. The summed E-state index contributed by atoms with van der Waals surface area (Å²) < 4.78 is 10.4. The van der Waals surface area contributed by atoms with E-state index in [1.165, 1.54) is 0 Å². The van der Waals surface area contributed by atoms with Crippen molar-refractivity contribution in [1.82, 2.24) is 10.5 Å². The van der Waals surface area contributed by atoms with Crippen molar-refractivity contribution >= 4 is 5.91 Å². The van der Waals surface area contributed by atoms with E-state index in [2.05, 4.69) is 10.5 Å². The summed E-state index contributed by atoms with van der Waals surface area (Å²) in [6.45, 7) is 3.95. The molecule has 0 aliphatic carbocycles. The highest BCUT2D eigenvalue weighted by Crippen LogP contribution is 2.24. The van der Waals surface area contributed by atoms with Gasteiger partial charge in [-0.25, -0.2) is 0 Å². The Bertz CT molecular complexity index is 592. The first kappa shape index (κ1) is 14.1. The zero-order valence-corrected chi connectivity index (χ0v) is 11.8. The molecule has 0 unspecified atom stereocenters. The van der Waals surface area contributed by atoms with E-state index in [-0.39, 0.29) is 17.6 Å². The molecule has 1 N–H and O–H groups in total. The van der Waals surface area contributed by atoms with Crippen LogP contribution in [0.15, 0.2) is 34.9 Å². The van der Waals surface area contributed by atoms with Crippen LogP contribution in [0.2, 0.25) is 0 Å². The van der Waals surface area contributed by atoms with Gasteiger partial charge < -0.3 is 14.6 Å². The van der Waals surface area contributed by atoms with Crippen LogP contribution in [0.3, 0.4) is 0 Å². The third kappa shape index (κ3) is 3.17. The van der Waals surface area contributed by atoms with Crippen LogP contribution in [0.25, 0.3) is 11.3 Å². The van der Waals surface area contributed by atoms with Crippen LogP contribution in [0, 0.1) is 0 Å². The van der Waals surface area contributed by atoms with Gasteiger partial charge in [0.2, 0.25) is 0 Å². The molecule has 0 aliphatic rings. The summed E-state index contributed by atoms with van der Waals surface area (Å²) in [7, 11) is 1.60. The van der Waals surface area contributed by atoms with Gasteiger partial charge in [0.1, 0.15) is 5.75 Å². The van der Waals surface area contributed by atoms with Gasteiger partial charge in [-0.15, -0.1) is 0 Å². The molecule has 0 saturated heterocycles. The predicted octanol–water partition coefficient (Wildman–Crippen LogP) is 2.88. The number of carbonyl (C=O) groups is 1. The maximum atomic E-state index is 11.9. The zero-order chi connectivity index (χ0) is 14.5. The molecule has 0 aliphatic heterocycles. The van der Waals surface area contributed by atoms with E-state index in [0.717, 1.165) is 17.7 Å². The lowest BCUT2D eigenvalue weighted by atomic mass is 10.1.